The number of aliphatic carboxylic acids is 1. The molecule has 2 rings (SSSR count). The van der Waals surface area contributed by atoms with Crippen molar-refractivity contribution in [3.8, 4) is 0 Å². The van der Waals surface area contributed by atoms with Crippen molar-refractivity contribution in [2.24, 2.45) is 5.92 Å². The molecular weight excluding hydrogens is 280 g/mol. The third-order valence-electron chi connectivity index (χ3n) is 3.51. The number of carbonyl (C=O) groups excluding carboxylic acids is 1. The second-order valence-electron chi connectivity index (χ2n) is 4.99. The number of nitrogens with zero attached hydrogens (tertiary/aromatic N) is 4. The monoisotopic (exact) mass is 296 g/mol. The summed E-state index contributed by atoms with van der Waals surface area (Å²) in [6.07, 6.45) is 4.01. The standard InChI is InChI=1S/C12H16N4O5/c17-11(15-4-1-2-9(6-15)12(18)19)3-5-14-7-10(13-8-14)16(20)21/h7-9H,1-6H2,(H,18,19). The number of hydrogen-bond acceptors (Lipinski definition) is 5. The molecule has 2 heterocycles. The van der Waals surface area contributed by atoms with Gasteiger partial charge in [-0.2, -0.15) is 0 Å². The Hall–Kier alpha value is -2.45. The summed E-state index contributed by atoms with van der Waals surface area (Å²) >= 11 is 0. The Morgan fingerprint density at radius 3 is 2.90 bits per heavy atom. The van der Waals surface area contributed by atoms with E-state index in [0.717, 1.165) is 0 Å². The number of carboxylic acid groups (broad SMARTS) is 1. The highest BCUT2D eigenvalue weighted by Crippen LogP contribution is 2.17. The molecule has 21 heavy (non-hydrogen) atoms. The summed E-state index contributed by atoms with van der Waals surface area (Å²) < 4.78 is 1.48. The topological polar surface area (TPSA) is 119 Å². The predicted octanol–water partition coefficient (Wildman–Crippen LogP) is 0.505. The molecule has 1 fully saturated rings. The van der Waals surface area contributed by atoms with E-state index in [0.29, 0.717) is 19.4 Å². The predicted molar refractivity (Wildman–Crippen MR) is 70.4 cm³/mol. The Morgan fingerprint density at radius 2 is 2.29 bits per heavy atom. The number of carboxylic acids is 1. The second kappa shape index (κ2) is 6.33. The Balaban J connectivity index is 1.86. The van der Waals surface area contributed by atoms with Crippen molar-refractivity contribution in [1.82, 2.24) is 14.5 Å². The van der Waals surface area contributed by atoms with E-state index in [9.17, 15) is 19.7 Å². The van der Waals surface area contributed by atoms with E-state index < -0.39 is 16.8 Å². The first-order valence-electron chi connectivity index (χ1n) is 6.64. The molecule has 0 aliphatic carbocycles. The largest absolute Gasteiger partial charge is 0.481 e. The van der Waals surface area contributed by atoms with Crippen molar-refractivity contribution in [2.75, 3.05) is 13.1 Å². The molecule has 0 aromatic carbocycles. The van der Waals surface area contributed by atoms with Crippen molar-refractivity contribution in [1.29, 1.82) is 0 Å². The van der Waals surface area contributed by atoms with Crippen LogP contribution >= 0.6 is 0 Å². The number of imidazole rings is 1. The Bertz CT molecular complexity index is 556. The SMILES string of the molecule is O=C(O)C1CCCN(C(=O)CCn2cnc([N+](=O)[O-])c2)C1. The van der Waals surface area contributed by atoms with Crippen LogP contribution in [-0.4, -0.2) is 49.4 Å². The minimum atomic E-state index is -0.877. The van der Waals surface area contributed by atoms with Crippen LogP contribution in [0.5, 0.6) is 0 Å². The molecular formula is C12H16N4O5. The second-order valence-corrected chi connectivity index (χ2v) is 4.99. The summed E-state index contributed by atoms with van der Waals surface area (Å²) in [7, 11) is 0. The van der Waals surface area contributed by atoms with Crippen LogP contribution in [0, 0.1) is 16.0 Å². The quantitative estimate of drug-likeness (QED) is 0.624. The van der Waals surface area contributed by atoms with Gasteiger partial charge in [-0.3, -0.25) is 9.59 Å². The number of nitro groups is 1. The van der Waals surface area contributed by atoms with Gasteiger partial charge < -0.3 is 24.7 Å². The molecule has 9 heteroatoms. The molecule has 1 N–H and O–H groups in total. The molecule has 1 unspecified atom stereocenters. The smallest absolute Gasteiger partial charge is 0.381 e. The van der Waals surface area contributed by atoms with Gasteiger partial charge in [0.25, 0.3) is 0 Å². The number of amides is 1. The zero-order valence-corrected chi connectivity index (χ0v) is 11.3. The molecule has 1 aliphatic rings. The summed E-state index contributed by atoms with van der Waals surface area (Å²) in [5.74, 6) is -1.78. The van der Waals surface area contributed by atoms with Crippen LogP contribution in [0.2, 0.25) is 0 Å². The van der Waals surface area contributed by atoms with Gasteiger partial charge in [0.05, 0.1) is 5.92 Å². The maximum atomic E-state index is 12.0. The number of carbonyl (C=O) groups is 2. The van der Waals surface area contributed by atoms with E-state index in [1.807, 2.05) is 0 Å². The highest BCUT2D eigenvalue weighted by Gasteiger charge is 2.27. The van der Waals surface area contributed by atoms with Gasteiger partial charge in [0.1, 0.15) is 6.20 Å². The maximum Gasteiger partial charge on any atom is 0.381 e. The summed E-state index contributed by atoms with van der Waals surface area (Å²) in [6, 6.07) is 0. The van der Waals surface area contributed by atoms with E-state index in [-0.39, 0.29) is 31.2 Å². The minimum Gasteiger partial charge on any atom is -0.481 e. The number of likely N-dealkylation sites (tertiary alicyclic amines) is 1. The highest BCUT2D eigenvalue weighted by molar-refractivity contribution is 5.78. The molecule has 0 spiro atoms. The molecule has 1 aromatic rings. The molecule has 9 nitrogen and oxygen atoms in total. The molecule has 1 aromatic heterocycles. The van der Waals surface area contributed by atoms with Gasteiger partial charge in [-0.25, -0.2) is 0 Å². The van der Waals surface area contributed by atoms with Crippen LogP contribution in [0.4, 0.5) is 5.82 Å². The van der Waals surface area contributed by atoms with Crippen LogP contribution in [0.15, 0.2) is 12.5 Å². The van der Waals surface area contributed by atoms with Crippen LogP contribution in [-0.2, 0) is 16.1 Å². The van der Waals surface area contributed by atoms with Gasteiger partial charge in [-0.1, -0.05) is 0 Å². The highest BCUT2D eigenvalue weighted by atomic mass is 16.6. The average Bonchev–Trinajstić information content (AvgIpc) is 2.94. The lowest BCUT2D eigenvalue weighted by Gasteiger charge is -2.30. The summed E-state index contributed by atoms with van der Waals surface area (Å²) in [6.45, 7) is 1.08. The van der Waals surface area contributed by atoms with Crippen LogP contribution in [0.1, 0.15) is 19.3 Å². The number of aromatic nitrogens is 2. The molecule has 1 saturated heterocycles. The van der Waals surface area contributed by atoms with E-state index in [1.165, 1.54) is 17.1 Å². The molecule has 114 valence electrons. The molecule has 1 aliphatic heterocycles. The van der Waals surface area contributed by atoms with Gasteiger partial charge in [-0.15, -0.1) is 0 Å². The number of hydrogen-bond donors (Lipinski definition) is 1. The molecule has 0 radical (unpaired) electrons. The number of rotatable bonds is 5. The normalized spacial score (nSPS) is 18.5. The third-order valence-corrected chi connectivity index (χ3v) is 3.51. The fraction of sp³-hybridized carbons (Fsp3) is 0.583. The van der Waals surface area contributed by atoms with Crippen molar-refractivity contribution in [2.45, 2.75) is 25.8 Å². The van der Waals surface area contributed by atoms with Gasteiger partial charge in [-0.05, 0) is 22.7 Å². The third kappa shape index (κ3) is 3.77. The van der Waals surface area contributed by atoms with Crippen LogP contribution < -0.4 is 0 Å². The van der Waals surface area contributed by atoms with Gasteiger partial charge in [0, 0.05) is 26.1 Å². The Morgan fingerprint density at radius 1 is 1.52 bits per heavy atom. The molecule has 1 atom stereocenters. The van der Waals surface area contributed by atoms with Gasteiger partial charge in [0.15, 0.2) is 0 Å². The number of aryl methyl sites for hydroxylation is 1. The lowest BCUT2D eigenvalue weighted by atomic mass is 9.98. The van der Waals surface area contributed by atoms with Gasteiger partial charge >= 0.3 is 11.8 Å². The fourth-order valence-electron chi connectivity index (χ4n) is 2.35. The minimum absolute atomic E-state index is 0.141. The molecule has 0 bridgehead atoms. The van der Waals surface area contributed by atoms with Crippen LogP contribution in [0.3, 0.4) is 0 Å². The fourth-order valence-corrected chi connectivity index (χ4v) is 2.35. The summed E-state index contributed by atoms with van der Waals surface area (Å²) in [5, 5.41) is 19.5. The first kappa shape index (κ1) is 14.9. The Labute approximate surface area is 120 Å². The van der Waals surface area contributed by atoms with Crippen molar-refractivity contribution in [3.63, 3.8) is 0 Å². The van der Waals surface area contributed by atoms with Crippen molar-refractivity contribution < 1.29 is 19.6 Å². The van der Waals surface area contributed by atoms with E-state index in [2.05, 4.69) is 4.98 Å². The molecule has 0 saturated carbocycles. The summed E-state index contributed by atoms with van der Waals surface area (Å²) in [4.78, 5) is 38.1. The van der Waals surface area contributed by atoms with E-state index in [4.69, 9.17) is 5.11 Å². The Kier molecular flexibility index (Phi) is 4.51. The zero-order chi connectivity index (χ0) is 15.4. The lowest BCUT2D eigenvalue weighted by Crippen LogP contribution is -2.42. The molecule has 1 amide bonds. The first-order valence-corrected chi connectivity index (χ1v) is 6.64. The zero-order valence-electron chi connectivity index (χ0n) is 11.3. The van der Waals surface area contributed by atoms with Crippen molar-refractivity contribution in [3.05, 3.63) is 22.6 Å². The lowest BCUT2D eigenvalue weighted by molar-refractivity contribution is -0.389. The number of piperidine rings is 1. The van der Waals surface area contributed by atoms with E-state index in [1.54, 1.807) is 4.90 Å². The average molecular weight is 296 g/mol. The van der Waals surface area contributed by atoms with E-state index >= 15 is 0 Å². The summed E-state index contributed by atoms with van der Waals surface area (Å²) in [5.41, 5.74) is 0. The van der Waals surface area contributed by atoms with Gasteiger partial charge in [0.2, 0.25) is 12.2 Å². The van der Waals surface area contributed by atoms with Crippen LogP contribution in [0.25, 0.3) is 0 Å². The maximum absolute atomic E-state index is 12.0. The first-order chi connectivity index (χ1) is 9.97. The van der Waals surface area contributed by atoms with Crippen molar-refractivity contribution >= 4 is 17.7 Å².